The molecule has 9 atom stereocenters. The smallest absolute Gasteiger partial charge is 0.326 e. The van der Waals surface area contributed by atoms with Crippen LogP contribution < -0.4 is 48.7 Å². The van der Waals surface area contributed by atoms with Crippen LogP contribution in [0.2, 0.25) is 0 Å². The molecule has 25 nitrogen and oxygen atoms in total. The first kappa shape index (κ1) is 57.1. The third kappa shape index (κ3) is 15.3. The first-order valence-corrected chi connectivity index (χ1v) is 24.6. The predicted molar refractivity (Wildman–Crippen MR) is 250 cm³/mol. The van der Waals surface area contributed by atoms with Crippen LogP contribution in [-0.2, 0) is 47.9 Å². The van der Waals surface area contributed by atoms with Gasteiger partial charge >= 0.3 is 5.97 Å². The van der Waals surface area contributed by atoms with E-state index in [2.05, 4.69) is 37.2 Å². The number of unbranched alkanes of at least 4 members (excludes halogenated alkanes) is 2. The van der Waals surface area contributed by atoms with Gasteiger partial charge in [-0.1, -0.05) is 0 Å². The summed E-state index contributed by atoms with van der Waals surface area (Å²) in [5, 5.41) is 47.5. The van der Waals surface area contributed by atoms with Crippen molar-refractivity contribution in [1.82, 2.24) is 51.9 Å². The molecule has 4 fully saturated rings. The number of rotatable bonds is 26. The Morgan fingerprint density at radius 1 is 0.600 bits per heavy atom. The Balaban J connectivity index is 1.36. The molecule has 0 aliphatic carbocycles. The highest BCUT2D eigenvalue weighted by Gasteiger charge is 2.47. The molecule has 0 unspecified atom stereocenters. The van der Waals surface area contributed by atoms with E-state index in [0.717, 1.165) is 6.42 Å². The molecule has 0 spiro atoms. The Labute approximate surface area is 408 Å². The molecule has 4 rings (SSSR count). The van der Waals surface area contributed by atoms with Crippen LogP contribution in [0.4, 0.5) is 0 Å². The van der Waals surface area contributed by atoms with Gasteiger partial charge in [0, 0.05) is 19.6 Å². The largest absolute Gasteiger partial charge is 0.480 e. The van der Waals surface area contributed by atoms with Crippen LogP contribution in [0, 0.1) is 0 Å². The molecular formula is C45H76N12O13. The highest BCUT2D eigenvalue weighted by Crippen LogP contribution is 2.29. The molecule has 25 heteroatoms. The second-order valence-electron chi connectivity index (χ2n) is 19.0. The second kappa shape index (κ2) is 27.2. The van der Waals surface area contributed by atoms with E-state index in [0.29, 0.717) is 83.7 Å². The van der Waals surface area contributed by atoms with Crippen molar-refractivity contribution >= 4 is 59.1 Å². The van der Waals surface area contributed by atoms with E-state index in [1.807, 2.05) is 0 Å². The number of nitrogens with two attached hydrogens (primary N) is 2. The maximum Gasteiger partial charge on any atom is 0.326 e. The van der Waals surface area contributed by atoms with Gasteiger partial charge in [-0.05, 0) is 130 Å². The standard InChI is InChI=1S/C45H76N12O13/c1-26(40(65)56-22-10-16-33(56)42(67)57-23-11-17-34(57)41(66)55-21-9-15-32(55)39(64)50-29(43(68)69)13-5-7-19-47)49-36(61)28(12-4-6-18-46)53-44(70)45(2,3)54-38(63)31(25-59)52-37(62)30(24-58)51-35(60)27-14-8-20-48-27/h26-34,48,58-59H,4-25,46-47H2,1-3H3,(H,49,61)(H,50,64)(H,51,60)(H,52,62)(H,53,70)(H,54,63)(H,68,69)/t26-,27-,28-,29-,30-,31-,32-,33-,34-/m0/s1. The molecule has 0 bridgehead atoms. The Morgan fingerprint density at radius 3 is 1.64 bits per heavy atom. The summed E-state index contributed by atoms with van der Waals surface area (Å²) >= 11 is 0. The number of amides is 9. The molecule has 70 heavy (non-hydrogen) atoms. The van der Waals surface area contributed by atoms with Crippen LogP contribution in [0.3, 0.4) is 0 Å². The lowest BCUT2D eigenvalue weighted by atomic mass is 10.0. The molecule has 0 aromatic rings. The number of carbonyl (C=O) groups excluding carboxylic acids is 9. The zero-order valence-electron chi connectivity index (χ0n) is 40.7. The number of likely N-dealkylation sites (tertiary alicyclic amines) is 3. The lowest BCUT2D eigenvalue weighted by Gasteiger charge is -2.35. The molecule has 14 N–H and O–H groups in total. The van der Waals surface area contributed by atoms with Gasteiger partial charge < -0.3 is 78.7 Å². The van der Waals surface area contributed by atoms with Crippen LogP contribution in [-0.4, -0.2) is 202 Å². The molecule has 0 radical (unpaired) electrons. The Morgan fingerprint density at radius 2 is 1.10 bits per heavy atom. The molecule has 0 aromatic carbocycles. The van der Waals surface area contributed by atoms with Crippen molar-refractivity contribution < 1.29 is 63.3 Å². The summed E-state index contributed by atoms with van der Waals surface area (Å²) in [5.74, 6) is -7.23. The van der Waals surface area contributed by atoms with Crippen molar-refractivity contribution in [3.8, 4) is 0 Å². The summed E-state index contributed by atoms with van der Waals surface area (Å²) in [7, 11) is 0. The number of aliphatic carboxylic acids is 1. The van der Waals surface area contributed by atoms with Crippen LogP contribution in [0.5, 0.6) is 0 Å². The fourth-order valence-corrected chi connectivity index (χ4v) is 9.30. The molecular weight excluding hydrogens is 917 g/mol. The normalized spacial score (nSPS) is 22.3. The zero-order valence-corrected chi connectivity index (χ0v) is 40.7. The number of hydrogen-bond donors (Lipinski definition) is 12. The molecule has 4 heterocycles. The summed E-state index contributed by atoms with van der Waals surface area (Å²) in [6.07, 6.45) is 5.97. The topological polar surface area (TPSA) is 377 Å². The van der Waals surface area contributed by atoms with Gasteiger partial charge in [0.15, 0.2) is 0 Å². The highest BCUT2D eigenvalue weighted by atomic mass is 16.4. The summed E-state index contributed by atoms with van der Waals surface area (Å²) in [5.41, 5.74) is 9.50. The van der Waals surface area contributed by atoms with Gasteiger partial charge in [-0.2, -0.15) is 0 Å². The van der Waals surface area contributed by atoms with Gasteiger partial charge in [0.1, 0.15) is 53.9 Å². The van der Waals surface area contributed by atoms with Crippen molar-refractivity contribution in [3.05, 3.63) is 0 Å². The molecule has 0 saturated carbocycles. The average molecular weight is 993 g/mol. The second-order valence-corrected chi connectivity index (χ2v) is 19.0. The molecule has 9 amide bonds. The van der Waals surface area contributed by atoms with Crippen molar-refractivity contribution in [3.63, 3.8) is 0 Å². The summed E-state index contributed by atoms with van der Waals surface area (Å²) in [4.78, 5) is 138. The number of carboxylic acid groups (broad SMARTS) is 1. The van der Waals surface area contributed by atoms with E-state index in [9.17, 15) is 63.3 Å². The van der Waals surface area contributed by atoms with Crippen molar-refractivity contribution in [2.45, 2.75) is 171 Å². The first-order chi connectivity index (χ1) is 33.3. The van der Waals surface area contributed by atoms with Crippen LogP contribution in [0.1, 0.15) is 111 Å². The third-order valence-electron chi connectivity index (χ3n) is 13.4. The summed E-state index contributed by atoms with van der Waals surface area (Å²) in [6.45, 7) is 4.37. The quantitative estimate of drug-likeness (QED) is 0.0363. The van der Waals surface area contributed by atoms with Gasteiger partial charge in [0.2, 0.25) is 53.2 Å². The van der Waals surface area contributed by atoms with Crippen LogP contribution in [0.25, 0.3) is 0 Å². The number of carboxylic acids is 1. The van der Waals surface area contributed by atoms with Gasteiger partial charge in [-0.15, -0.1) is 0 Å². The molecule has 4 saturated heterocycles. The van der Waals surface area contributed by atoms with Crippen LogP contribution >= 0.6 is 0 Å². The van der Waals surface area contributed by atoms with Gasteiger partial charge in [0.25, 0.3) is 0 Å². The zero-order chi connectivity index (χ0) is 51.7. The lowest BCUT2D eigenvalue weighted by molar-refractivity contribution is -0.151. The van der Waals surface area contributed by atoms with Crippen LogP contribution in [0.15, 0.2) is 0 Å². The van der Waals surface area contributed by atoms with Crippen molar-refractivity contribution in [2.24, 2.45) is 11.5 Å². The summed E-state index contributed by atoms with van der Waals surface area (Å²) in [6, 6.07) is -9.87. The SMILES string of the molecule is C[C@H](NC(=O)[C@H](CCCCN)NC(=O)C(C)(C)NC(=O)[C@H](CO)NC(=O)[C@H](CO)NC(=O)[C@@H]1CCCN1)C(=O)N1CCC[C@H]1C(=O)N1CCC[C@H]1C(=O)N1CCC[C@H]1C(=O)N[C@@H](CCCCN)C(=O)O. The van der Waals surface area contributed by atoms with Gasteiger partial charge in [-0.25, -0.2) is 4.79 Å². The molecule has 0 aromatic heterocycles. The summed E-state index contributed by atoms with van der Waals surface area (Å²) < 4.78 is 0. The molecule has 394 valence electrons. The highest BCUT2D eigenvalue weighted by molar-refractivity contribution is 5.99. The number of nitrogens with zero attached hydrogens (tertiary/aromatic N) is 3. The monoisotopic (exact) mass is 993 g/mol. The van der Waals surface area contributed by atoms with E-state index in [1.54, 1.807) is 0 Å². The van der Waals surface area contributed by atoms with Crippen molar-refractivity contribution in [2.75, 3.05) is 52.5 Å². The average Bonchev–Trinajstić information content (AvgIpc) is 4.19. The number of hydrogen-bond acceptors (Lipinski definition) is 15. The molecule has 4 aliphatic rings. The number of carbonyl (C=O) groups is 10. The number of aliphatic hydroxyl groups is 2. The van der Waals surface area contributed by atoms with E-state index in [1.165, 1.54) is 35.5 Å². The Hall–Kier alpha value is -5.50. The maximum absolute atomic E-state index is 14.3. The van der Waals surface area contributed by atoms with E-state index >= 15 is 0 Å². The minimum atomic E-state index is -1.74. The third-order valence-corrected chi connectivity index (χ3v) is 13.4. The van der Waals surface area contributed by atoms with E-state index in [-0.39, 0.29) is 39.0 Å². The fraction of sp³-hybridized carbons (Fsp3) is 0.778. The minimum absolute atomic E-state index is 0.0867. The number of nitrogens with one attached hydrogen (secondary N) is 7. The van der Waals surface area contributed by atoms with E-state index < -0.39 is 132 Å². The first-order valence-electron chi connectivity index (χ1n) is 24.6. The Bertz CT molecular complexity index is 1880. The van der Waals surface area contributed by atoms with Crippen molar-refractivity contribution in [1.29, 1.82) is 0 Å². The fourth-order valence-electron chi connectivity index (χ4n) is 9.30. The maximum atomic E-state index is 14.3. The molecule has 4 aliphatic heterocycles. The minimum Gasteiger partial charge on any atom is -0.480 e. The van der Waals surface area contributed by atoms with E-state index in [4.69, 9.17) is 11.5 Å². The number of aliphatic hydroxyl groups excluding tert-OH is 2. The van der Waals surface area contributed by atoms with Gasteiger partial charge in [-0.3, -0.25) is 43.2 Å². The Kier molecular flexibility index (Phi) is 22.2. The predicted octanol–water partition coefficient (Wildman–Crippen LogP) is -4.62. The lowest BCUT2D eigenvalue weighted by Crippen LogP contribution is -2.63. The van der Waals surface area contributed by atoms with Gasteiger partial charge in [0.05, 0.1) is 19.3 Å².